The van der Waals surface area contributed by atoms with Crippen LogP contribution in [0.3, 0.4) is 0 Å². The number of ether oxygens (including phenoxy) is 1. The van der Waals surface area contributed by atoms with Gasteiger partial charge in [0.25, 0.3) is 0 Å². The average Bonchev–Trinajstić information content (AvgIpc) is 2.65. The first-order valence-corrected chi connectivity index (χ1v) is 5.31. The summed E-state index contributed by atoms with van der Waals surface area (Å²) >= 11 is 0. The van der Waals surface area contributed by atoms with Gasteiger partial charge in [0.15, 0.2) is 5.78 Å². The molecule has 0 amide bonds. The summed E-state index contributed by atoms with van der Waals surface area (Å²) in [6.45, 7) is 1.71. The van der Waals surface area contributed by atoms with Gasteiger partial charge in [-0.05, 0) is 19.3 Å². The van der Waals surface area contributed by atoms with E-state index in [0.29, 0.717) is 12.5 Å². The van der Waals surface area contributed by atoms with Crippen LogP contribution >= 0.6 is 0 Å². The number of carbonyl (C=O) groups is 1. The Hall–Kier alpha value is -0.830. The quantitative estimate of drug-likeness (QED) is 0.666. The van der Waals surface area contributed by atoms with Gasteiger partial charge in [0.2, 0.25) is 0 Å². The molecule has 3 heteroatoms. The molecule has 2 aliphatic rings. The van der Waals surface area contributed by atoms with E-state index in [2.05, 4.69) is 11.9 Å². The third kappa shape index (κ3) is 1.98. The zero-order chi connectivity index (χ0) is 9.97. The highest BCUT2D eigenvalue weighted by Crippen LogP contribution is 2.23. The molecule has 0 atom stereocenters. The van der Waals surface area contributed by atoms with Crippen LogP contribution in [0.1, 0.15) is 25.7 Å². The lowest BCUT2D eigenvalue weighted by Crippen LogP contribution is -2.35. The van der Waals surface area contributed by atoms with E-state index in [0.717, 1.165) is 32.5 Å². The summed E-state index contributed by atoms with van der Waals surface area (Å²) in [5, 5.41) is 0. The number of hydrogen-bond donors (Lipinski definition) is 0. The second-order valence-corrected chi connectivity index (χ2v) is 4.06. The third-order valence-corrected chi connectivity index (χ3v) is 3.15. The van der Waals surface area contributed by atoms with Crippen molar-refractivity contribution >= 4 is 5.78 Å². The van der Waals surface area contributed by atoms with Crippen LogP contribution in [-0.4, -0.2) is 37.0 Å². The van der Waals surface area contributed by atoms with E-state index in [1.165, 1.54) is 5.70 Å². The van der Waals surface area contributed by atoms with Crippen LogP contribution in [0.2, 0.25) is 0 Å². The minimum atomic E-state index is 0.277. The monoisotopic (exact) mass is 195 g/mol. The van der Waals surface area contributed by atoms with Crippen LogP contribution in [0.15, 0.2) is 11.8 Å². The van der Waals surface area contributed by atoms with Crippen molar-refractivity contribution in [2.45, 2.75) is 31.7 Å². The molecule has 0 radical (unpaired) electrons. The lowest BCUT2D eigenvalue weighted by Gasteiger charge is -2.33. The lowest BCUT2D eigenvalue weighted by molar-refractivity contribution is -0.114. The second kappa shape index (κ2) is 4.13. The first-order valence-electron chi connectivity index (χ1n) is 5.31. The molecule has 0 unspecified atom stereocenters. The molecular weight excluding hydrogens is 178 g/mol. The smallest absolute Gasteiger partial charge is 0.157 e. The maximum Gasteiger partial charge on any atom is 0.157 e. The highest BCUT2D eigenvalue weighted by molar-refractivity contribution is 5.92. The Balaban J connectivity index is 1.96. The maximum absolute atomic E-state index is 11.1. The van der Waals surface area contributed by atoms with Crippen molar-refractivity contribution in [3.05, 3.63) is 11.8 Å². The predicted octanol–water partition coefficient (Wildman–Crippen LogP) is 1.34. The third-order valence-electron chi connectivity index (χ3n) is 3.15. The molecule has 14 heavy (non-hydrogen) atoms. The van der Waals surface area contributed by atoms with Gasteiger partial charge in [-0.3, -0.25) is 4.79 Å². The van der Waals surface area contributed by atoms with Crippen molar-refractivity contribution in [1.82, 2.24) is 4.90 Å². The highest BCUT2D eigenvalue weighted by Gasteiger charge is 2.23. The Bertz CT molecular complexity index is 254. The Labute approximate surface area is 84.7 Å². The number of hydrogen-bond acceptors (Lipinski definition) is 3. The van der Waals surface area contributed by atoms with E-state index in [1.54, 1.807) is 6.08 Å². The summed E-state index contributed by atoms with van der Waals surface area (Å²) in [7, 11) is 2.10. The largest absolute Gasteiger partial charge is 0.381 e. The van der Waals surface area contributed by atoms with Gasteiger partial charge in [-0.15, -0.1) is 0 Å². The first-order chi connectivity index (χ1) is 6.77. The molecule has 1 heterocycles. The van der Waals surface area contributed by atoms with Crippen LogP contribution in [-0.2, 0) is 9.53 Å². The fraction of sp³-hybridized carbons (Fsp3) is 0.727. The molecule has 3 nitrogen and oxygen atoms in total. The fourth-order valence-corrected chi connectivity index (χ4v) is 2.17. The van der Waals surface area contributed by atoms with E-state index < -0.39 is 0 Å². The van der Waals surface area contributed by atoms with Gasteiger partial charge in [0.1, 0.15) is 0 Å². The molecule has 0 bridgehead atoms. The molecule has 1 fully saturated rings. The van der Waals surface area contributed by atoms with Gasteiger partial charge in [-0.25, -0.2) is 0 Å². The Morgan fingerprint density at radius 3 is 2.64 bits per heavy atom. The van der Waals surface area contributed by atoms with Crippen molar-refractivity contribution in [3.8, 4) is 0 Å². The van der Waals surface area contributed by atoms with Gasteiger partial charge >= 0.3 is 0 Å². The SMILES string of the molecule is CN(C1=CC(=O)CC1)C1CCOCC1. The van der Waals surface area contributed by atoms with Crippen molar-refractivity contribution in [2.24, 2.45) is 0 Å². The number of ketones is 1. The Morgan fingerprint density at radius 2 is 2.07 bits per heavy atom. The zero-order valence-corrected chi connectivity index (χ0v) is 8.66. The molecule has 1 aliphatic carbocycles. The van der Waals surface area contributed by atoms with E-state index in [9.17, 15) is 4.79 Å². The summed E-state index contributed by atoms with van der Waals surface area (Å²) in [6, 6.07) is 0.570. The molecule has 0 aromatic carbocycles. The second-order valence-electron chi connectivity index (χ2n) is 4.06. The molecule has 0 saturated carbocycles. The van der Waals surface area contributed by atoms with E-state index in [-0.39, 0.29) is 5.78 Å². The molecular formula is C11H17NO2. The van der Waals surface area contributed by atoms with Gasteiger partial charge in [0, 0.05) is 44.5 Å². The summed E-state index contributed by atoms with van der Waals surface area (Å²) in [6.07, 6.45) is 5.59. The molecule has 78 valence electrons. The standard InChI is InChI=1S/C11H17NO2/c1-12(9-4-6-14-7-5-9)10-2-3-11(13)8-10/h8-9H,2-7H2,1H3. The van der Waals surface area contributed by atoms with Crippen LogP contribution in [0.4, 0.5) is 0 Å². The fourth-order valence-electron chi connectivity index (χ4n) is 2.17. The van der Waals surface area contributed by atoms with Gasteiger partial charge in [0.05, 0.1) is 0 Å². The summed E-state index contributed by atoms with van der Waals surface area (Å²) in [5.74, 6) is 0.277. The van der Waals surface area contributed by atoms with Crippen molar-refractivity contribution in [2.75, 3.05) is 20.3 Å². The average molecular weight is 195 g/mol. The van der Waals surface area contributed by atoms with Crippen LogP contribution in [0.5, 0.6) is 0 Å². The molecule has 0 N–H and O–H groups in total. The topological polar surface area (TPSA) is 29.5 Å². The Kier molecular flexibility index (Phi) is 2.87. The normalized spacial score (nSPS) is 23.8. The van der Waals surface area contributed by atoms with Gasteiger partial charge in [-0.2, -0.15) is 0 Å². The number of carbonyl (C=O) groups excluding carboxylic acids is 1. The molecule has 0 aromatic rings. The first kappa shape index (κ1) is 9.71. The zero-order valence-electron chi connectivity index (χ0n) is 8.66. The van der Waals surface area contributed by atoms with Crippen molar-refractivity contribution in [3.63, 3.8) is 0 Å². The summed E-state index contributed by atoms with van der Waals surface area (Å²) in [4.78, 5) is 13.4. The van der Waals surface area contributed by atoms with Crippen LogP contribution in [0, 0.1) is 0 Å². The van der Waals surface area contributed by atoms with E-state index in [1.807, 2.05) is 0 Å². The number of nitrogens with zero attached hydrogens (tertiary/aromatic N) is 1. The van der Waals surface area contributed by atoms with Crippen LogP contribution < -0.4 is 0 Å². The lowest BCUT2D eigenvalue weighted by atomic mass is 10.1. The van der Waals surface area contributed by atoms with Crippen molar-refractivity contribution < 1.29 is 9.53 Å². The minimum absolute atomic E-state index is 0.277. The van der Waals surface area contributed by atoms with E-state index in [4.69, 9.17) is 4.74 Å². The van der Waals surface area contributed by atoms with Crippen molar-refractivity contribution in [1.29, 1.82) is 0 Å². The Morgan fingerprint density at radius 1 is 1.36 bits per heavy atom. The summed E-state index contributed by atoms with van der Waals surface area (Å²) < 4.78 is 5.32. The molecule has 1 aliphatic heterocycles. The number of rotatable bonds is 2. The van der Waals surface area contributed by atoms with Crippen LogP contribution in [0.25, 0.3) is 0 Å². The maximum atomic E-state index is 11.1. The number of allylic oxidation sites excluding steroid dienone is 2. The van der Waals surface area contributed by atoms with Gasteiger partial charge < -0.3 is 9.64 Å². The van der Waals surface area contributed by atoms with Gasteiger partial charge in [-0.1, -0.05) is 0 Å². The highest BCUT2D eigenvalue weighted by atomic mass is 16.5. The molecule has 2 rings (SSSR count). The minimum Gasteiger partial charge on any atom is -0.381 e. The van der Waals surface area contributed by atoms with E-state index >= 15 is 0 Å². The summed E-state index contributed by atoms with van der Waals surface area (Å²) in [5.41, 5.74) is 1.21. The molecule has 1 saturated heterocycles. The molecule has 0 spiro atoms. The molecule has 0 aromatic heterocycles. The predicted molar refractivity (Wildman–Crippen MR) is 53.9 cm³/mol.